The van der Waals surface area contributed by atoms with Crippen molar-refractivity contribution in [2.75, 3.05) is 36.0 Å². The first kappa shape index (κ1) is 17.3. The van der Waals surface area contributed by atoms with Crippen LogP contribution in [0, 0.1) is 11.8 Å². The van der Waals surface area contributed by atoms with Crippen molar-refractivity contribution in [3.8, 4) is 0 Å². The van der Waals surface area contributed by atoms with Gasteiger partial charge in [0.1, 0.15) is 24.3 Å². The lowest BCUT2D eigenvalue weighted by atomic mass is 9.92. The van der Waals surface area contributed by atoms with Crippen molar-refractivity contribution >= 4 is 22.5 Å². The monoisotopic (exact) mass is 375 g/mol. The fourth-order valence-corrected chi connectivity index (χ4v) is 4.43. The molecule has 0 N–H and O–H groups in total. The molecule has 7 heteroatoms. The fourth-order valence-electron chi connectivity index (χ4n) is 4.43. The second-order valence-corrected chi connectivity index (χ2v) is 8.93. The second kappa shape index (κ2) is 6.36. The van der Waals surface area contributed by atoms with E-state index >= 15 is 0 Å². The molecule has 2 fully saturated rings. The zero-order valence-corrected chi connectivity index (χ0v) is 16.6. The van der Waals surface area contributed by atoms with Crippen LogP contribution >= 0.6 is 0 Å². The number of fused-ring (bicyclic) bond motifs is 2. The Balaban J connectivity index is 1.34. The molecule has 2 aliphatic rings. The van der Waals surface area contributed by atoms with E-state index in [1.54, 1.807) is 18.9 Å². The highest BCUT2D eigenvalue weighted by molar-refractivity contribution is 5.88. The number of anilines is 2. The van der Waals surface area contributed by atoms with Crippen LogP contribution in [0.1, 0.15) is 26.5 Å². The summed E-state index contributed by atoms with van der Waals surface area (Å²) in [5.41, 5.74) is 2.03. The third-order valence-electron chi connectivity index (χ3n) is 5.95. The highest BCUT2D eigenvalue weighted by Crippen LogP contribution is 2.37. The molecule has 3 aromatic heterocycles. The number of hydrogen-bond acceptors (Lipinski definition) is 7. The summed E-state index contributed by atoms with van der Waals surface area (Å²) in [5.74, 6) is 3.34. The van der Waals surface area contributed by atoms with E-state index in [1.165, 1.54) is 0 Å². The third kappa shape index (κ3) is 2.95. The van der Waals surface area contributed by atoms with Crippen molar-refractivity contribution in [2.24, 2.45) is 11.8 Å². The minimum atomic E-state index is 0.0347. The lowest BCUT2D eigenvalue weighted by Gasteiger charge is -2.25. The number of nitrogens with zero attached hydrogens (tertiary/aromatic N) is 7. The minimum absolute atomic E-state index is 0.0347. The van der Waals surface area contributed by atoms with Crippen molar-refractivity contribution in [1.82, 2.24) is 24.9 Å². The highest BCUT2D eigenvalue weighted by atomic mass is 15.3. The maximum Gasteiger partial charge on any atom is 0.140 e. The van der Waals surface area contributed by atoms with Gasteiger partial charge in [0.25, 0.3) is 0 Å². The van der Waals surface area contributed by atoms with Crippen LogP contribution in [-0.2, 0) is 5.41 Å². The van der Waals surface area contributed by atoms with Crippen molar-refractivity contribution in [2.45, 2.75) is 26.2 Å². The van der Waals surface area contributed by atoms with E-state index < -0.39 is 0 Å². The Bertz CT molecular complexity index is 994. The van der Waals surface area contributed by atoms with E-state index in [1.807, 2.05) is 12.3 Å². The van der Waals surface area contributed by atoms with Gasteiger partial charge in [-0.15, -0.1) is 0 Å². The van der Waals surface area contributed by atoms with Crippen LogP contribution in [0.4, 0.5) is 11.6 Å². The molecular weight excluding hydrogens is 350 g/mol. The van der Waals surface area contributed by atoms with Gasteiger partial charge in [0.2, 0.25) is 0 Å². The van der Waals surface area contributed by atoms with Crippen LogP contribution < -0.4 is 9.80 Å². The van der Waals surface area contributed by atoms with Crippen molar-refractivity contribution in [1.29, 1.82) is 0 Å². The first-order valence-electron chi connectivity index (χ1n) is 9.86. The molecule has 2 atom stereocenters. The standard InChI is InChI=1S/C21H25N7/c1-21(2,3)18-6-19(25-13-24-18)27-8-14-10-28(11-15(14)9-27)20-16-4-5-22-7-17(16)23-12-26-20/h4-7,12-15H,8-11H2,1-3H3. The lowest BCUT2D eigenvalue weighted by Crippen LogP contribution is -2.30. The molecule has 0 radical (unpaired) electrons. The zero-order chi connectivity index (χ0) is 19.3. The Morgan fingerprint density at radius 1 is 0.893 bits per heavy atom. The van der Waals surface area contributed by atoms with Gasteiger partial charge in [0.05, 0.1) is 17.4 Å². The molecule has 5 rings (SSSR count). The maximum absolute atomic E-state index is 4.58. The molecule has 0 aliphatic carbocycles. The first-order valence-corrected chi connectivity index (χ1v) is 9.86. The van der Waals surface area contributed by atoms with E-state index in [0.717, 1.165) is 54.4 Å². The van der Waals surface area contributed by atoms with Gasteiger partial charge < -0.3 is 9.80 Å². The van der Waals surface area contributed by atoms with E-state index in [9.17, 15) is 0 Å². The molecule has 2 aliphatic heterocycles. The predicted octanol–water partition coefficient (Wildman–Crippen LogP) is 2.68. The zero-order valence-electron chi connectivity index (χ0n) is 16.6. The quantitative estimate of drug-likeness (QED) is 0.682. The first-order chi connectivity index (χ1) is 13.5. The minimum Gasteiger partial charge on any atom is -0.356 e. The van der Waals surface area contributed by atoms with E-state index in [2.05, 4.69) is 61.6 Å². The predicted molar refractivity (Wildman–Crippen MR) is 109 cm³/mol. The molecule has 0 aromatic carbocycles. The van der Waals surface area contributed by atoms with Gasteiger partial charge in [-0.05, 0) is 6.07 Å². The molecule has 0 saturated carbocycles. The summed E-state index contributed by atoms with van der Waals surface area (Å²) in [6, 6.07) is 4.17. The van der Waals surface area contributed by atoms with Gasteiger partial charge in [0.15, 0.2) is 0 Å². The molecule has 0 amide bonds. The van der Waals surface area contributed by atoms with Crippen LogP contribution in [0.5, 0.6) is 0 Å². The normalized spacial score (nSPS) is 22.1. The van der Waals surface area contributed by atoms with Crippen LogP contribution in [0.3, 0.4) is 0 Å². The molecule has 7 nitrogen and oxygen atoms in total. The summed E-state index contributed by atoms with van der Waals surface area (Å²) in [4.78, 5) is 27.0. The second-order valence-electron chi connectivity index (χ2n) is 8.93. The van der Waals surface area contributed by atoms with Crippen LogP contribution in [0.2, 0.25) is 0 Å². The number of rotatable bonds is 2. The van der Waals surface area contributed by atoms with Crippen molar-refractivity contribution in [3.05, 3.63) is 42.9 Å². The molecule has 144 valence electrons. The summed E-state index contributed by atoms with van der Waals surface area (Å²) < 4.78 is 0. The van der Waals surface area contributed by atoms with Crippen LogP contribution in [0.25, 0.3) is 10.9 Å². The van der Waals surface area contributed by atoms with E-state index in [0.29, 0.717) is 11.8 Å². The Hall–Kier alpha value is -2.83. The summed E-state index contributed by atoms with van der Waals surface area (Å²) in [6.45, 7) is 10.7. The smallest absolute Gasteiger partial charge is 0.140 e. The van der Waals surface area contributed by atoms with Gasteiger partial charge in [-0.25, -0.2) is 19.9 Å². The van der Waals surface area contributed by atoms with E-state index in [-0.39, 0.29) is 5.41 Å². The van der Waals surface area contributed by atoms with Gasteiger partial charge >= 0.3 is 0 Å². The van der Waals surface area contributed by atoms with E-state index in [4.69, 9.17) is 0 Å². The van der Waals surface area contributed by atoms with Crippen LogP contribution in [-0.4, -0.2) is 51.1 Å². The fraction of sp³-hybridized carbons (Fsp3) is 0.476. The summed E-state index contributed by atoms with van der Waals surface area (Å²) in [5, 5.41) is 1.08. The molecule has 3 aromatic rings. The summed E-state index contributed by atoms with van der Waals surface area (Å²) in [7, 11) is 0. The average Bonchev–Trinajstić information content (AvgIpc) is 3.26. The maximum atomic E-state index is 4.58. The van der Waals surface area contributed by atoms with Gasteiger partial charge in [-0.2, -0.15) is 0 Å². The Labute approximate surface area is 164 Å². The van der Waals surface area contributed by atoms with Crippen molar-refractivity contribution in [3.63, 3.8) is 0 Å². The van der Waals surface area contributed by atoms with Crippen LogP contribution in [0.15, 0.2) is 37.2 Å². The van der Waals surface area contributed by atoms with Gasteiger partial charge in [-0.1, -0.05) is 20.8 Å². The SMILES string of the molecule is CC(C)(C)c1cc(N2CC3CN(c4ncnc5cnccc45)CC3C2)ncn1. The molecular formula is C21H25N7. The van der Waals surface area contributed by atoms with Gasteiger partial charge in [-0.3, -0.25) is 4.98 Å². The van der Waals surface area contributed by atoms with Gasteiger partial charge in [0, 0.05) is 61.1 Å². The summed E-state index contributed by atoms with van der Waals surface area (Å²) in [6.07, 6.45) is 6.98. The van der Waals surface area contributed by atoms with Crippen molar-refractivity contribution < 1.29 is 0 Å². The Morgan fingerprint density at radius 2 is 1.61 bits per heavy atom. The molecule has 0 spiro atoms. The average molecular weight is 375 g/mol. The lowest BCUT2D eigenvalue weighted by molar-refractivity contribution is 0.533. The highest BCUT2D eigenvalue weighted by Gasteiger charge is 2.41. The number of hydrogen-bond donors (Lipinski definition) is 0. The molecule has 5 heterocycles. The number of pyridine rings is 1. The number of aromatic nitrogens is 5. The third-order valence-corrected chi connectivity index (χ3v) is 5.95. The largest absolute Gasteiger partial charge is 0.356 e. The Morgan fingerprint density at radius 3 is 2.36 bits per heavy atom. The molecule has 0 bridgehead atoms. The Kier molecular flexibility index (Phi) is 3.92. The topological polar surface area (TPSA) is 70.9 Å². The molecule has 2 unspecified atom stereocenters. The molecule has 2 saturated heterocycles. The summed E-state index contributed by atoms with van der Waals surface area (Å²) >= 11 is 0. The molecule has 28 heavy (non-hydrogen) atoms.